The molecule has 0 fully saturated rings. The maximum absolute atomic E-state index is 11.6. The van der Waals surface area contributed by atoms with Gasteiger partial charge in [-0.25, -0.2) is 0 Å². The number of aromatic nitrogens is 2. The molecule has 0 saturated carbocycles. The number of nitrogens with one attached hydrogen (secondary N) is 1. The van der Waals surface area contributed by atoms with Crippen LogP contribution in [0.25, 0.3) is 11.4 Å². The number of rotatable bonds is 1. The van der Waals surface area contributed by atoms with Crippen LogP contribution in [0.2, 0.25) is 0 Å². The number of benzene rings is 1. The molecule has 1 aliphatic rings. The molecule has 0 saturated heterocycles. The zero-order valence-electron chi connectivity index (χ0n) is 9.94. The molecule has 3 rings (SSSR count). The zero-order chi connectivity index (χ0) is 14.3. The molecule has 6 nitrogen and oxygen atoms in total. The highest BCUT2D eigenvalue weighted by molar-refractivity contribution is 9.10. The van der Waals surface area contributed by atoms with Crippen LogP contribution in [0.5, 0.6) is 17.4 Å². The lowest BCUT2D eigenvalue weighted by atomic mass is 10.2. The third-order valence-corrected chi connectivity index (χ3v) is 4.02. The average Bonchev–Trinajstić information content (AvgIpc) is 2.44. The highest BCUT2D eigenvalue weighted by atomic mass is 79.9. The van der Waals surface area contributed by atoms with E-state index in [0.29, 0.717) is 34.7 Å². The largest absolute Gasteiger partial charge is 0.492 e. The van der Waals surface area contributed by atoms with E-state index in [4.69, 9.17) is 9.47 Å². The van der Waals surface area contributed by atoms with Gasteiger partial charge in [-0.1, -0.05) is 0 Å². The Balaban J connectivity index is 2.16. The van der Waals surface area contributed by atoms with Gasteiger partial charge in [0.05, 0.1) is 4.47 Å². The van der Waals surface area contributed by atoms with Gasteiger partial charge in [-0.2, -0.15) is 4.98 Å². The van der Waals surface area contributed by atoms with Gasteiger partial charge in [0.2, 0.25) is 5.88 Å². The number of ether oxygens (including phenoxy) is 2. The summed E-state index contributed by atoms with van der Waals surface area (Å²) in [5.74, 6) is 1.05. The topological polar surface area (TPSA) is 84.4 Å². The Bertz CT molecular complexity index is 745. The van der Waals surface area contributed by atoms with Crippen LogP contribution in [-0.4, -0.2) is 28.3 Å². The lowest BCUT2D eigenvalue weighted by Gasteiger charge is -2.20. The maximum atomic E-state index is 11.6. The molecular weight excluding hydrogens is 396 g/mol. The van der Waals surface area contributed by atoms with E-state index < -0.39 is 5.56 Å². The number of hydrogen-bond acceptors (Lipinski definition) is 5. The second-order valence-corrected chi connectivity index (χ2v) is 5.68. The van der Waals surface area contributed by atoms with Crippen molar-refractivity contribution in [2.45, 2.75) is 0 Å². The van der Waals surface area contributed by atoms with E-state index in [2.05, 4.69) is 41.8 Å². The summed E-state index contributed by atoms with van der Waals surface area (Å²) in [4.78, 5) is 18.1. The van der Waals surface area contributed by atoms with E-state index in [1.807, 2.05) is 0 Å². The van der Waals surface area contributed by atoms with Gasteiger partial charge in [-0.15, -0.1) is 0 Å². The second kappa shape index (κ2) is 5.10. The summed E-state index contributed by atoms with van der Waals surface area (Å²) in [6.07, 6.45) is 0. The minimum Gasteiger partial charge on any atom is -0.492 e. The van der Waals surface area contributed by atoms with Crippen LogP contribution < -0.4 is 15.0 Å². The van der Waals surface area contributed by atoms with Gasteiger partial charge in [0.15, 0.2) is 11.5 Å². The summed E-state index contributed by atoms with van der Waals surface area (Å²) in [6, 6.07) is 3.43. The molecular formula is C12H8Br2N2O4. The summed E-state index contributed by atoms with van der Waals surface area (Å²) >= 11 is 6.34. The number of fused-ring (bicyclic) bond motifs is 1. The highest BCUT2D eigenvalue weighted by Gasteiger charge is 2.18. The van der Waals surface area contributed by atoms with E-state index in [0.717, 1.165) is 0 Å². The van der Waals surface area contributed by atoms with Crippen LogP contribution in [-0.2, 0) is 0 Å². The second-order valence-electron chi connectivity index (χ2n) is 4.03. The van der Waals surface area contributed by atoms with Crippen molar-refractivity contribution in [2.75, 3.05) is 13.2 Å². The zero-order valence-corrected chi connectivity index (χ0v) is 13.1. The van der Waals surface area contributed by atoms with Gasteiger partial charge in [0.1, 0.15) is 23.5 Å². The van der Waals surface area contributed by atoms with Crippen LogP contribution in [0.4, 0.5) is 0 Å². The first-order valence-corrected chi connectivity index (χ1v) is 7.23. The number of halogens is 2. The summed E-state index contributed by atoms with van der Waals surface area (Å²) in [5, 5.41) is 9.60. The van der Waals surface area contributed by atoms with E-state index in [9.17, 15) is 9.90 Å². The molecule has 1 aromatic heterocycles. The summed E-state index contributed by atoms with van der Waals surface area (Å²) in [6.45, 7) is 0.942. The highest BCUT2D eigenvalue weighted by Crippen LogP contribution is 2.40. The lowest BCUT2D eigenvalue weighted by Crippen LogP contribution is -2.16. The first-order chi connectivity index (χ1) is 9.56. The number of aromatic amines is 1. The molecule has 20 heavy (non-hydrogen) atoms. The van der Waals surface area contributed by atoms with Gasteiger partial charge in [0, 0.05) is 5.56 Å². The minimum atomic E-state index is -0.460. The Morgan fingerprint density at radius 2 is 2.00 bits per heavy atom. The third-order valence-electron chi connectivity index (χ3n) is 2.72. The van der Waals surface area contributed by atoms with Crippen LogP contribution in [0.3, 0.4) is 0 Å². The SMILES string of the molecule is O=c1[nH]c(-c2cc(Br)c3c(c2)OCCO3)nc(O)c1Br. The van der Waals surface area contributed by atoms with Crippen molar-refractivity contribution >= 4 is 31.9 Å². The Kier molecular flexibility index (Phi) is 3.43. The fraction of sp³-hybridized carbons (Fsp3) is 0.167. The molecule has 0 spiro atoms. The molecule has 1 aromatic carbocycles. The molecule has 2 N–H and O–H groups in total. The third kappa shape index (κ3) is 2.29. The molecule has 104 valence electrons. The molecule has 0 unspecified atom stereocenters. The van der Waals surface area contributed by atoms with Crippen molar-refractivity contribution in [1.29, 1.82) is 0 Å². The van der Waals surface area contributed by atoms with E-state index in [-0.39, 0.29) is 16.2 Å². The summed E-state index contributed by atoms with van der Waals surface area (Å²) in [7, 11) is 0. The van der Waals surface area contributed by atoms with Crippen molar-refractivity contribution in [3.63, 3.8) is 0 Å². The van der Waals surface area contributed by atoms with Crippen molar-refractivity contribution in [1.82, 2.24) is 9.97 Å². The normalized spacial score (nSPS) is 13.3. The van der Waals surface area contributed by atoms with Gasteiger partial charge >= 0.3 is 0 Å². The average molecular weight is 404 g/mol. The smallest absolute Gasteiger partial charge is 0.269 e. The fourth-order valence-corrected chi connectivity index (χ4v) is 2.58. The molecule has 0 atom stereocenters. The molecule has 8 heteroatoms. The predicted octanol–water partition coefficient (Wildman–Crippen LogP) is 2.44. The molecule has 0 radical (unpaired) electrons. The molecule has 2 heterocycles. The molecule has 2 aromatic rings. The van der Waals surface area contributed by atoms with Crippen molar-refractivity contribution in [3.8, 4) is 28.8 Å². The minimum absolute atomic E-state index is 0.00198. The predicted molar refractivity (Wildman–Crippen MR) is 78.3 cm³/mol. The van der Waals surface area contributed by atoms with Crippen LogP contribution in [0.1, 0.15) is 0 Å². The number of H-pyrrole nitrogens is 1. The van der Waals surface area contributed by atoms with Gasteiger partial charge in [-0.3, -0.25) is 4.79 Å². The van der Waals surface area contributed by atoms with Crippen molar-refractivity contribution in [3.05, 3.63) is 31.4 Å². The molecule has 0 aliphatic carbocycles. The van der Waals surface area contributed by atoms with E-state index in [1.165, 1.54) is 0 Å². The van der Waals surface area contributed by atoms with Gasteiger partial charge in [-0.05, 0) is 44.0 Å². The number of aromatic hydroxyl groups is 1. The Morgan fingerprint density at radius 3 is 2.75 bits per heavy atom. The molecule has 0 amide bonds. The van der Waals surface area contributed by atoms with E-state index in [1.54, 1.807) is 12.1 Å². The Hall–Kier alpha value is -1.54. The first kappa shape index (κ1) is 13.4. The number of hydrogen-bond donors (Lipinski definition) is 2. The maximum Gasteiger partial charge on any atom is 0.269 e. The van der Waals surface area contributed by atoms with Crippen molar-refractivity contribution < 1.29 is 14.6 Å². The standard InChI is InChI=1S/C12H8Br2N2O4/c13-6-3-5(4-7-9(6)20-2-1-19-7)10-15-11(17)8(14)12(18)16-10/h3-4H,1-2H2,(H2,15,16,17,18). The first-order valence-electron chi connectivity index (χ1n) is 5.64. The van der Waals surface area contributed by atoms with Gasteiger partial charge in [0.25, 0.3) is 5.56 Å². The van der Waals surface area contributed by atoms with Crippen molar-refractivity contribution in [2.24, 2.45) is 0 Å². The monoisotopic (exact) mass is 402 g/mol. The quantitative estimate of drug-likeness (QED) is 0.763. The number of nitrogens with zero attached hydrogens (tertiary/aromatic N) is 1. The molecule has 0 bridgehead atoms. The van der Waals surface area contributed by atoms with E-state index >= 15 is 0 Å². The Labute approximate surface area is 130 Å². The summed E-state index contributed by atoms with van der Waals surface area (Å²) < 4.78 is 11.7. The van der Waals surface area contributed by atoms with Crippen LogP contribution in [0.15, 0.2) is 25.9 Å². The van der Waals surface area contributed by atoms with Crippen LogP contribution in [0, 0.1) is 0 Å². The lowest BCUT2D eigenvalue weighted by molar-refractivity contribution is 0.170. The fourth-order valence-electron chi connectivity index (χ4n) is 1.83. The van der Waals surface area contributed by atoms with Gasteiger partial charge < -0.3 is 19.6 Å². The Morgan fingerprint density at radius 1 is 1.25 bits per heavy atom. The van der Waals surface area contributed by atoms with Crippen LogP contribution >= 0.6 is 31.9 Å². The molecule has 1 aliphatic heterocycles. The summed E-state index contributed by atoms with van der Waals surface area (Å²) in [5.41, 5.74) is 0.138.